The molecule has 0 aliphatic carbocycles. The van der Waals surface area contributed by atoms with Crippen molar-refractivity contribution in [1.29, 1.82) is 0 Å². The van der Waals surface area contributed by atoms with Gasteiger partial charge in [-0.3, -0.25) is 9.59 Å². The van der Waals surface area contributed by atoms with Gasteiger partial charge in [0.2, 0.25) is 0 Å². The first-order chi connectivity index (χ1) is 11.4. The molecule has 2 rings (SSSR count). The van der Waals surface area contributed by atoms with E-state index in [2.05, 4.69) is 5.32 Å². The van der Waals surface area contributed by atoms with Crippen LogP contribution in [-0.2, 0) is 20.7 Å². The minimum Gasteiger partial charge on any atom is -0.455 e. The normalized spacial score (nSPS) is 10.3. The fourth-order valence-electron chi connectivity index (χ4n) is 1.96. The number of carbonyl (C=O) groups is 2. The summed E-state index contributed by atoms with van der Waals surface area (Å²) in [5, 5.41) is 3.89. The number of anilines is 1. The lowest BCUT2D eigenvalue weighted by Gasteiger charge is -2.10. The van der Waals surface area contributed by atoms with Crippen LogP contribution in [0.25, 0.3) is 0 Å². The van der Waals surface area contributed by atoms with Crippen LogP contribution in [0.4, 0.5) is 5.69 Å². The van der Waals surface area contributed by atoms with Gasteiger partial charge in [0.05, 0.1) is 6.42 Å². The van der Waals surface area contributed by atoms with Gasteiger partial charge >= 0.3 is 5.97 Å². The quantitative estimate of drug-likeness (QED) is 0.759. The third kappa shape index (κ3) is 5.13. The number of ether oxygens (including phenoxy) is 1. The Hall–Kier alpha value is -1.75. The largest absolute Gasteiger partial charge is 0.455 e. The lowest BCUT2D eigenvalue weighted by molar-refractivity contribution is -0.146. The second-order valence-corrected chi connectivity index (χ2v) is 6.30. The van der Waals surface area contributed by atoms with Gasteiger partial charge in [-0.15, -0.1) is 0 Å². The van der Waals surface area contributed by atoms with Gasteiger partial charge in [0.25, 0.3) is 5.91 Å². The molecule has 0 heterocycles. The topological polar surface area (TPSA) is 55.4 Å². The molecule has 0 fully saturated rings. The molecular weight excluding hydrogens is 373 g/mol. The SMILES string of the molecule is Cc1ccc(Cl)cc1NC(=O)COC(=O)Cc1c(Cl)cccc1Cl. The zero-order valence-electron chi connectivity index (χ0n) is 12.7. The van der Waals surface area contributed by atoms with Crippen molar-refractivity contribution in [2.45, 2.75) is 13.3 Å². The maximum atomic E-state index is 11.9. The van der Waals surface area contributed by atoms with Crippen LogP contribution in [0.1, 0.15) is 11.1 Å². The Morgan fingerprint density at radius 3 is 2.42 bits per heavy atom. The summed E-state index contributed by atoms with van der Waals surface area (Å²) in [6, 6.07) is 10.1. The van der Waals surface area contributed by atoms with E-state index in [9.17, 15) is 9.59 Å². The van der Waals surface area contributed by atoms with E-state index in [4.69, 9.17) is 39.5 Å². The van der Waals surface area contributed by atoms with Crippen LogP contribution in [0, 0.1) is 6.92 Å². The smallest absolute Gasteiger partial charge is 0.310 e. The number of hydrogen-bond donors (Lipinski definition) is 1. The standard InChI is InChI=1S/C17H14Cl3NO3/c1-10-5-6-11(18)7-15(10)21-16(22)9-24-17(23)8-12-13(19)3-2-4-14(12)20/h2-7H,8-9H2,1H3,(H,21,22). The summed E-state index contributed by atoms with van der Waals surface area (Å²) in [6.45, 7) is 1.42. The zero-order valence-corrected chi connectivity index (χ0v) is 15.0. The molecule has 7 heteroatoms. The number of esters is 1. The van der Waals surface area contributed by atoms with Crippen LogP contribution in [0.3, 0.4) is 0 Å². The molecule has 0 radical (unpaired) electrons. The first-order valence-corrected chi connectivity index (χ1v) is 8.14. The molecule has 2 aromatic rings. The predicted octanol–water partition coefficient (Wildman–Crippen LogP) is 4.68. The van der Waals surface area contributed by atoms with E-state index in [-0.39, 0.29) is 6.42 Å². The third-order valence-corrected chi connectivity index (χ3v) is 4.16. The van der Waals surface area contributed by atoms with Gasteiger partial charge in [0, 0.05) is 26.3 Å². The van der Waals surface area contributed by atoms with Crippen molar-refractivity contribution in [3.8, 4) is 0 Å². The molecule has 0 atom stereocenters. The highest BCUT2D eigenvalue weighted by Gasteiger charge is 2.14. The van der Waals surface area contributed by atoms with Crippen molar-refractivity contribution in [2.24, 2.45) is 0 Å². The third-order valence-electron chi connectivity index (χ3n) is 3.22. The van der Waals surface area contributed by atoms with E-state index in [0.29, 0.717) is 26.3 Å². The van der Waals surface area contributed by atoms with E-state index in [1.165, 1.54) is 0 Å². The molecule has 24 heavy (non-hydrogen) atoms. The van der Waals surface area contributed by atoms with Gasteiger partial charge < -0.3 is 10.1 Å². The molecule has 4 nitrogen and oxygen atoms in total. The number of nitrogens with one attached hydrogen (secondary N) is 1. The van der Waals surface area contributed by atoms with Gasteiger partial charge in [-0.1, -0.05) is 46.9 Å². The summed E-state index contributed by atoms with van der Waals surface area (Å²) in [6.07, 6.45) is -0.109. The number of carbonyl (C=O) groups excluding carboxylic acids is 2. The van der Waals surface area contributed by atoms with E-state index < -0.39 is 18.5 Å². The average molecular weight is 387 g/mol. The van der Waals surface area contributed by atoms with Crippen LogP contribution in [0.15, 0.2) is 36.4 Å². The molecule has 2 aromatic carbocycles. The maximum Gasteiger partial charge on any atom is 0.310 e. The molecule has 0 bridgehead atoms. The lowest BCUT2D eigenvalue weighted by atomic mass is 10.1. The number of rotatable bonds is 5. The minimum atomic E-state index is -0.594. The molecule has 0 unspecified atom stereocenters. The highest BCUT2D eigenvalue weighted by Crippen LogP contribution is 2.25. The molecular formula is C17H14Cl3NO3. The Labute approximate surface area is 154 Å². The molecule has 0 saturated heterocycles. The highest BCUT2D eigenvalue weighted by atomic mass is 35.5. The maximum absolute atomic E-state index is 11.9. The first kappa shape index (κ1) is 18.6. The van der Waals surface area contributed by atoms with Crippen molar-refractivity contribution >= 4 is 52.4 Å². The van der Waals surface area contributed by atoms with Gasteiger partial charge in [-0.2, -0.15) is 0 Å². The van der Waals surface area contributed by atoms with Crippen LogP contribution in [0.5, 0.6) is 0 Å². The second-order valence-electron chi connectivity index (χ2n) is 5.05. The molecule has 0 aliphatic heterocycles. The average Bonchev–Trinajstić information content (AvgIpc) is 2.53. The minimum absolute atomic E-state index is 0.109. The molecule has 0 aliphatic rings. The summed E-state index contributed by atoms with van der Waals surface area (Å²) in [5.41, 5.74) is 1.89. The van der Waals surface area contributed by atoms with Gasteiger partial charge in [-0.25, -0.2) is 0 Å². The van der Waals surface area contributed by atoms with E-state index in [1.807, 2.05) is 6.92 Å². The van der Waals surface area contributed by atoms with Crippen LogP contribution in [-0.4, -0.2) is 18.5 Å². The van der Waals surface area contributed by atoms with E-state index >= 15 is 0 Å². The van der Waals surface area contributed by atoms with Crippen molar-refractivity contribution in [3.63, 3.8) is 0 Å². The summed E-state index contributed by atoms with van der Waals surface area (Å²) >= 11 is 17.9. The Morgan fingerprint density at radius 1 is 1.08 bits per heavy atom. The summed E-state index contributed by atoms with van der Waals surface area (Å²) in [7, 11) is 0. The molecule has 0 aromatic heterocycles. The number of halogens is 3. The Bertz CT molecular complexity index is 757. The van der Waals surface area contributed by atoms with Crippen molar-refractivity contribution in [3.05, 3.63) is 62.6 Å². The number of benzene rings is 2. The predicted molar refractivity (Wildman–Crippen MR) is 95.9 cm³/mol. The first-order valence-electron chi connectivity index (χ1n) is 7.01. The Balaban J connectivity index is 1.89. The lowest BCUT2D eigenvalue weighted by Crippen LogP contribution is -2.22. The molecule has 0 saturated carbocycles. The molecule has 1 N–H and O–H groups in total. The van der Waals surface area contributed by atoms with E-state index in [0.717, 1.165) is 5.56 Å². The summed E-state index contributed by atoms with van der Waals surface area (Å²) in [4.78, 5) is 23.7. The van der Waals surface area contributed by atoms with Gasteiger partial charge in [-0.05, 0) is 36.8 Å². The van der Waals surface area contributed by atoms with E-state index in [1.54, 1.807) is 36.4 Å². The number of amides is 1. The van der Waals surface area contributed by atoms with Crippen molar-refractivity contribution in [1.82, 2.24) is 0 Å². The van der Waals surface area contributed by atoms with Gasteiger partial charge in [0.15, 0.2) is 6.61 Å². The van der Waals surface area contributed by atoms with Crippen LogP contribution in [0.2, 0.25) is 15.1 Å². The van der Waals surface area contributed by atoms with Crippen LogP contribution < -0.4 is 5.32 Å². The zero-order chi connectivity index (χ0) is 17.7. The fraction of sp³-hybridized carbons (Fsp3) is 0.176. The monoisotopic (exact) mass is 385 g/mol. The second kappa shape index (κ2) is 8.38. The fourth-order valence-corrected chi connectivity index (χ4v) is 2.66. The van der Waals surface area contributed by atoms with Crippen LogP contribution >= 0.6 is 34.8 Å². The van der Waals surface area contributed by atoms with Gasteiger partial charge in [0.1, 0.15) is 0 Å². The van der Waals surface area contributed by atoms with Crippen molar-refractivity contribution < 1.29 is 14.3 Å². The molecule has 0 spiro atoms. The number of hydrogen-bond acceptors (Lipinski definition) is 3. The number of aryl methyl sites for hydroxylation is 1. The van der Waals surface area contributed by atoms with Crippen molar-refractivity contribution in [2.75, 3.05) is 11.9 Å². The summed E-state index contributed by atoms with van der Waals surface area (Å²) < 4.78 is 4.96. The molecule has 1 amide bonds. The highest BCUT2D eigenvalue weighted by molar-refractivity contribution is 6.36. The Morgan fingerprint density at radius 2 is 1.75 bits per heavy atom. The summed E-state index contributed by atoms with van der Waals surface area (Å²) in [5.74, 6) is -1.05. The molecule has 126 valence electrons. The Kier molecular flexibility index (Phi) is 6.49.